The Labute approximate surface area is 106 Å². The number of rotatable bonds is 7. The third-order valence-electron chi connectivity index (χ3n) is 2.29. The molecular formula is C12H16N4O2. The third-order valence-corrected chi connectivity index (χ3v) is 2.29. The zero-order chi connectivity index (χ0) is 13.2. The number of hydrogen-bond donors (Lipinski definition) is 1. The molecule has 1 aromatic rings. The van der Waals surface area contributed by atoms with E-state index in [0.717, 1.165) is 5.56 Å². The molecule has 18 heavy (non-hydrogen) atoms. The van der Waals surface area contributed by atoms with E-state index in [0.29, 0.717) is 13.2 Å². The van der Waals surface area contributed by atoms with Crippen molar-refractivity contribution < 1.29 is 9.53 Å². The summed E-state index contributed by atoms with van der Waals surface area (Å²) in [7, 11) is 0. The minimum absolute atomic E-state index is 0.0438. The monoisotopic (exact) mass is 248 g/mol. The largest absolute Gasteiger partial charge is 0.465 e. The first-order valence-electron chi connectivity index (χ1n) is 5.72. The van der Waals surface area contributed by atoms with Gasteiger partial charge in [-0.25, -0.2) is 0 Å². The van der Waals surface area contributed by atoms with Gasteiger partial charge in [0.1, 0.15) is 6.04 Å². The van der Waals surface area contributed by atoms with Crippen LogP contribution in [0.5, 0.6) is 0 Å². The van der Waals surface area contributed by atoms with E-state index >= 15 is 0 Å². The topological polar surface area (TPSA) is 87.1 Å². The molecule has 6 nitrogen and oxygen atoms in total. The van der Waals surface area contributed by atoms with Crippen LogP contribution in [0, 0.1) is 0 Å². The summed E-state index contributed by atoms with van der Waals surface area (Å²) in [6.45, 7) is 2.60. The molecule has 1 rings (SSSR count). The molecule has 0 unspecified atom stereocenters. The van der Waals surface area contributed by atoms with Crippen LogP contribution in [-0.4, -0.2) is 25.2 Å². The van der Waals surface area contributed by atoms with E-state index in [1.165, 1.54) is 0 Å². The highest BCUT2D eigenvalue weighted by Crippen LogP contribution is 2.00. The van der Waals surface area contributed by atoms with E-state index in [4.69, 9.17) is 10.3 Å². The Kier molecular flexibility index (Phi) is 6.32. The average molecular weight is 248 g/mol. The van der Waals surface area contributed by atoms with Gasteiger partial charge in [0.15, 0.2) is 0 Å². The fourth-order valence-electron chi connectivity index (χ4n) is 1.42. The van der Waals surface area contributed by atoms with Crippen molar-refractivity contribution in [3.8, 4) is 0 Å². The molecule has 1 aromatic carbocycles. The van der Waals surface area contributed by atoms with Crippen molar-refractivity contribution in [3.63, 3.8) is 0 Å². The second-order valence-corrected chi connectivity index (χ2v) is 3.58. The van der Waals surface area contributed by atoms with E-state index in [9.17, 15) is 4.79 Å². The van der Waals surface area contributed by atoms with Crippen molar-refractivity contribution in [2.24, 2.45) is 5.11 Å². The highest BCUT2D eigenvalue weighted by atomic mass is 16.5. The van der Waals surface area contributed by atoms with Gasteiger partial charge in [-0.15, -0.1) is 0 Å². The number of azide groups is 1. The molecule has 0 spiro atoms. The second kappa shape index (κ2) is 8.11. The van der Waals surface area contributed by atoms with Gasteiger partial charge in [0.2, 0.25) is 0 Å². The number of esters is 1. The first kappa shape index (κ1) is 14.0. The van der Waals surface area contributed by atoms with E-state index in [2.05, 4.69) is 15.3 Å². The molecule has 6 heteroatoms. The Morgan fingerprint density at radius 2 is 2.22 bits per heavy atom. The number of hydrogen-bond acceptors (Lipinski definition) is 4. The molecule has 0 radical (unpaired) electrons. The van der Waals surface area contributed by atoms with Crippen LogP contribution in [0.3, 0.4) is 0 Å². The standard InChI is InChI=1S/C12H16N4O2/c1-2-18-12(17)11(9-15-16-13)14-8-10-6-4-3-5-7-10/h3-7,11,14H,2,8-9H2,1H3/t11-/m0/s1. The SMILES string of the molecule is CCOC(=O)[C@H](CN=[N+]=[N-])NCc1ccccc1. The molecule has 0 aromatic heterocycles. The summed E-state index contributed by atoms with van der Waals surface area (Å²) >= 11 is 0. The summed E-state index contributed by atoms with van der Waals surface area (Å²) in [6.07, 6.45) is 0. The first-order chi connectivity index (χ1) is 8.77. The average Bonchev–Trinajstić information content (AvgIpc) is 2.40. The lowest BCUT2D eigenvalue weighted by Crippen LogP contribution is -2.40. The van der Waals surface area contributed by atoms with Crippen LogP contribution >= 0.6 is 0 Å². The maximum absolute atomic E-state index is 11.6. The molecule has 0 aliphatic carbocycles. The van der Waals surface area contributed by atoms with Crippen LogP contribution in [0.15, 0.2) is 35.4 Å². The molecule has 0 bridgehead atoms. The third kappa shape index (κ3) is 4.86. The van der Waals surface area contributed by atoms with Crippen molar-refractivity contribution in [2.75, 3.05) is 13.2 Å². The molecule has 1 N–H and O–H groups in total. The minimum atomic E-state index is -0.610. The summed E-state index contributed by atoms with van der Waals surface area (Å²) in [4.78, 5) is 14.3. The minimum Gasteiger partial charge on any atom is -0.465 e. The van der Waals surface area contributed by atoms with Crippen molar-refractivity contribution in [1.29, 1.82) is 0 Å². The van der Waals surface area contributed by atoms with Crippen molar-refractivity contribution in [2.45, 2.75) is 19.5 Å². The highest BCUT2D eigenvalue weighted by molar-refractivity contribution is 5.76. The Balaban J connectivity index is 2.55. The van der Waals surface area contributed by atoms with Crippen LogP contribution in [0.4, 0.5) is 0 Å². The number of carbonyl (C=O) groups excluding carboxylic acids is 1. The quantitative estimate of drug-likeness (QED) is 0.346. The fraction of sp³-hybridized carbons (Fsp3) is 0.417. The zero-order valence-corrected chi connectivity index (χ0v) is 10.2. The van der Waals surface area contributed by atoms with Crippen LogP contribution in [-0.2, 0) is 16.1 Å². The molecule has 0 heterocycles. The predicted molar refractivity (Wildman–Crippen MR) is 67.7 cm³/mol. The van der Waals surface area contributed by atoms with Crippen LogP contribution in [0.2, 0.25) is 0 Å². The Morgan fingerprint density at radius 1 is 1.50 bits per heavy atom. The van der Waals surface area contributed by atoms with Gasteiger partial charge in [-0.05, 0) is 18.0 Å². The van der Waals surface area contributed by atoms with E-state index in [1.807, 2.05) is 30.3 Å². The van der Waals surface area contributed by atoms with Crippen LogP contribution in [0.25, 0.3) is 10.4 Å². The van der Waals surface area contributed by atoms with E-state index in [1.54, 1.807) is 6.92 Å². The van der Waals surface area contributed by atoms with Crippen LogP contribution in [0.1, 0.15) is 12.5 Å². The maximum atomic E-state index is 11.6. The Hall–Kier alpha value is -2.04. The lowest BCUT2D eigenvalue weighted by atomic mass is 10.2. The summed E-state index contributed by atoms with van der Waals surface area (Å²) in [6, 6.07) is 9.05. The zero-order valence-electron chi connectivity index (χ0n) is 10.2. The number of nitrogens with one attached hydrogen (secondary N) is 1. The number of nitrogens with zero attached hydrogens (tertiary/aromatic N) is 3. The van der Waals surface area contributed by atoms with Gasteiger partial charge in [0, 0.05) is 11.5 Å². The van der Waals surface area contributed by atoms with Gasteiger partial charge in [0.25, 0.3) is 0 Å². The Bertz CT molecular complexity index is 415. The normalized spacial score (nSPS) is 11.4. The molecule has 0 fully saturated rings. The van der Waals surface area contributed by atoms with Crippen molar-refractivity contribution >= 4 is 5.97 Å². The summed E-state index contributed by atoms with van der Waals surface area (Å²) in [5.41, 5.74) is 9.34. The van der Waals surface area contributed by atoms with Gasteiger partial charge < -0.3 is 10.1 Å². The lowest BCUT2D eigenvalue weighted by Gasteiger charge is -2.15. The molecular weight excluding hydrogens is 232 g/mol. The van der Waals surface area contributed by atoms with Gasteiger partial charge in [-0.3, -0.25) is 4.79 Å². The molecule has 0 amide bonds. The molecule has 0 aliphatic rings. The lowest BCUT2D eigenvalue weighted by molar-refractivity contribution is -0.145. The summed E-state index contributed by atoms with van der Waals surface area (Å²) < 4.78 is 4.90. The fourth-order valence-corrected chi connectivity index (χ4v) is 1.42. The summed E-state index contributed by atoms with van der Waals surface area (Å²) in [5, 5.41) is 6.42. The maximum Gasteiger partial charge on any atom is 0.323 e. The molecule has 0 aliphatic heterocycles. The van der Waals surface area contributed by atoms with Crippen molar-refractivity contribution in [3.05, 3.63) is 46.3 Å². The molecule has 1 atom stereocenters. The van der Waals surface area contributed by atoms with Crippen LogP contribution < -0.4 is 5.32 Å². The number of ether oxygens (including phenoxy) is 1. The second-order valence-electron chi connectivity index (χ2n) is 3.58. The van der Waals surface area contributed by atoms with Gasteiger partial charge in [-0.1, -0.05) is 35.4 Å². The number of carbonyl (C=O) groups is 1. The highest BCUT2D eigenvalue weighted by Gasteiger charge is 2.17. The Morgan fingerprint density at radius 3 is 2.83 bits per heavy atom. The van der Waals surface area contributed by atoms with E-state index < -0.39 is 12.0 Å². The predicted octanol–water partition coefficient (Wildman–Crippen LogP) is 2.02. The van der Waals surface area contributed by atoms with Gasteiger partial charge >= 0.3 is 5.97 Å². The molecule has 0 saturated carbocycles. The number of benzene rings is 1. The van der Waals surface area contributed by atoms with Gasteiger partial charge in [0.05, 0.1) is 13.2 Å². The van der Waals surface area contributed by atoms with Crippen molar-refractivity contribution in [1.82, 2.24) is 5.32 Å². The van der Waals surface area contributed by atoms with Gasteiger partial charge in [-0.2, -0.15) is 0 Å². The summed E-state index contributed by atoms with van der Waals surface area (Å²) in [5.74, 6) is -0.402. The van der Waals surface area contributed by atoms with E-state index in [-0.39, 0.29) is 6.54 Å². The molecule has 0 saturated heterocycles. The first-order valence-corrected chi connectivity index (χ1v) is 5.72. The molecule has 96 valence electrons. The smallest absolute Gasteiger partial charge is 0.323 e.